The molecule has 0 amide bonds. The Labute approximate surface area is 95.6 Å². The number of nitrogens with one attached hydrogen (secondary N) is 1. The number of aliphatic hydroxyl groups excluding tert-OH is 1. The van der Waals surface area contributed by atoms with E-state index < -0.39 is 0 Å². The summed E-state index contributed by atoms with van der Waals surface area (Å²) in [5.41, 5.74) is 0. The van der Waals surface area contributed by atoms with Gasteiger partial charge in [0.1, 0.15) is 0 Å². The second-order valence-corrected chi connectivity index (χ2v) is 5.88. The van der Waals surface area contributed by atoms with Gasteiger partial charge in [0.2, 0.25) is 0 Å². The van der Waals surface area contributed by atoms with Gasteiger partial charge < -0.3 is 10.4 Å². The fourth-order valence-electron chi connectivity index (χ4n) is 1.69. The van der Waals surface area contributed by atoms with Crippen LogP contribution in [0.5, 0.6) is 0 Å². The first-order valence-electron chi connectivity index (χ1n) is 5.30. The molecule has 0 aromatic carbocycles. The van der Waals surface area contributed by atoms with Crippen LogP contribution in [-0.2, 0) is 0 Å². The van der Waals surface area contributed by atoms with E-state index in [9.17, 15) is 5.11 Å². The molecular weight excluding hydrogens is 214 g/mol. The average Bonchev–Trinajstić information content (AvgIpc) is 2.25. The SMILES string of the molecule is CSCC[C@@H](CO)N[C@H]1CCCSC1. The number of rotatable bonds is 6. The zero-order chi connectivity index (χ0) is 10.2. The Morgan fingerprint density at radius 1 is 1.64 bits per heavy atom. The molecule has 14 heavy (non-hydrogen) atoms. The van der Waals surface area contributed by atoms with Crippen molar-refractivity contribution in [2.24, 2.45) is 0 Å². The molecule has 1 heterocycles. The molecule has 1 fully saturated rings. The summed E-state index contributed by atoms with van der Waals surface area (Å²) in [5, 5.41) is 12.8. The molecular formula is C10H21NOS2. The zero-order valence-corrected chi connectivity index (χ0v) is 10.5. The summed E-state index contributed by atoms with van der Waals surface area (Å²) in [7, 11) is 0. The lowest BCUT2D eigenvalue weighted by molar-refractivity contribution is 0.228. The van der Waals surface area contributed by atoms with Crippen LogP contribution in [0, 0.1) is 0 Å². The van der Waals surface area contributed by atoms with E-state index in [2.05, 4.69) is 11.6 Å². The van der Waals surface area contributed by atoms with Crippen molar-refractivity contribution in [1.29, 1.82) is 0 Å². The van der Waals surface area contributed by atoms with Gasteiger partial charge in [-0.05, 0) is 37.0 Å². The van der Waals surface area contributed by atoms with Crippen LogP contribution in [0.4, 0.5) is 0 Å². The third-order valence-corrected chi connectivity index (χ3v) is 4.38. The van der Waals surface area contributed by atoms with Gasteiger partial charge in [-0.1, -0.05) is 0 Å². The minimum atomic E-state index is 0.279. The van der Waals surface area contributed by atoms with Gasteiger partial charge >= 0.3 is 0 Å². The van der Waals surface area contributed by atoms with Crippen LogP contribution >= 0.6 is 23.5 Å². The van der Waals surface area contributed by atoms with E-state index in [-0.39, 0.29) is 6.61 Å². The Hall–Kier alpha value is 0.620. The number of hydrogen-bond donors (Lipinski definition) is 2. The van der Waals surface area contributed by atoms with Crippen molar-refractivity contribution in [3.8, 4) is 0 Å². The highest BCUT2D eigenvalue weighted by Crippen LogP contribution is 2.17. The molecule has 84 valence electrons. The molecule has 2 N–H and O–H groups in total. The van der Waals surface area contributed by atoms with Crippen LogP contribution in [0.3, 0.4) is 0 Å². The van der Waals surface area contributed by atoms with Crippen LogP contribution in [0.2, 0.25) is 0 Å². The molecule has 0 aliphatic carbocycles. The van der Waals surface area contributed by atoms with Gasteiger partial charge in [-0.25, -0.2) is 0 Å². The van der Waals surface area contributed by atoms with Gasteiger partial charge in [-0.2, -0.15) is 23.5 Å². The molecule has 0 aromatic heterocycles. The third-order valence-electron chi connectivity index (χ3n) is 2.52. The van der Waals surface area contributed by atoms with Crippen molar-refractivity contribution in [1.82, 2.24) is 5.32 Å². The summed E-state index contributed by atoms with van der Waals surface area (Å²) in [6, 6.07) is 0.943. The summed E-state index contributed by atoms with van der Waals surface area (Å²) >= 11 is 3.88. The maximum atomic E-state index is 9.20. The van der Waals surface area contributed by atoms with E-state index in [0.717, 1.165) is 12.2 Å². The highest BCUT2D eigenvalue weighted by molar-refractivity contribution is 7.99. The molecule has 0 radical (unpaired) electrons. The molecule has 0 saturated carbocycles. The average molecular weight is 235 g/mol. The van der Waals surface area contributed by atoms with Crippen LogP contribution < -0.4 is 5.32 Å². The van der Waals surface area contributed by atoms with E-state index in [4.69, 9.17) is 0 Å². The maximum Gasteiger partial charge on any atom is 0.0585 e. The minimum Gasteiger partial charge on any atom is -0.395 e. The Balaban J connectivity index is 2.16. The molecule has 1 saturated heterocycles. The largest absolute Gasteiger partial charge is 0.395 e. The second kappa shape index (κ2) is 7.85. The lowest BCUT2D eigenvalue weighted by Gasteiger charge is -2.27. The Bertz CT molecular complexity index is 140. The molecule has 2 nitrogen and oxygen atoms in total. The van der Waals surface area contributed by atoms with Crippen LogP contribution in [-0.4, -0.2) is 47.3 Å². The van der Waals surface area contributed by atoms with Gasteiger partial charge in [0, 0.05) is 17.8 Å². The van der Waals surface area contributed by atoms with Gasteiger partial charge in [0.25, 0.3) is 0 Å². The highest BCUT2D eigenvalue weighted by atomic mass is 32.2. The lowest BCUT2D eigenvalue weighted by atomic mass is 10.1. The number of hydrogen-bond acceptors (Lipinski definition) is 4. The molecule has 0 aromatic rings. The molecule has 0 unspecified atom stereocenters. The Morgan fingerprint density at radius 2 is 2.50 bits per heavy atom. The Kier molecular flexibility index (Phi) is 7.12. The van der Waals surface area contributed by atoms with E-state index >= 15 is 0 Å². The van der Waals surface area contributed by atoms with E-state index in [0.29, 0.717) is 12.1 Å². The topological polar surface area (TPSA) is 32.3 Å². The summed E-state index contributed by atoms with van der Waals surface area (Å²) in [6.45, 7) is 0.279. The molecule has 4 heteroatoms. The first-order chi connectivity index (χ1) is 6.86. The van der Waals surface area contributed by atoms with Gasteiger partial charge in [-0.15, -0.1) is 0 Å². The third kappa shape index (κ3) is 4.91. The summed E-state index contributed by atoms with van der Waals surface area (Å²) in [5.74, 6) is 3.67. The minimum absolute atomic E-state index is 0.279. The van der Waals surface area contributed by atoms with Gasteiger partial charge in [0.05, 0.1) is 6.61 Å². The first-order valence-corrected chi connectivity index (χ1v) is 7.85. The monoisotopic (exact) mass is 235 g/mol. The standard InChI is InChI=1S/C10H21NOS2/c1-13-6-4-9(7-12)11-10-3-2-5-14-8-10/h9-12H,2-8H2,1H3/t9-,10-/m0/s1. The molecule has 0 spiro atoms. The van der Waals surface area contributed by atoms with Crippen molar-refractivity contribution in [3.63, 3.8) is 0 Å². The maximum absolute atomic E-state index is 9.20. The van der Waals surface area contributed by atoms with Crippen molar-refractivity contribution in [2.75, 3.05) is 30.1 Å². The van der Waals surface area contributed by atoms with Crippen LogP contribution in [0.15, 0.2) is 0 Å². The van der Waals surface area contributed by atoms with Crippen LogP contribution in [0.1, 0.15) is 19.3 Å². The predicted molar refractivity (Wildman–Crippen MR) is 67.4 cm³/mol. The fourth-order valence-corrected chi connectivity index (χ4v) is 3.30. The molecule has 1 aliphatic heterocycles. The smallest absolute Gasteiger partial charge is 0.0585 e. The van der Waals surface area contributed by atoms with Crippen LogP contribution in [0.25, 0.3) is 0 Å². The predicted octanol–water partition coefficient (Wildman–Crippen LogP) is 1.59. The summed E-state index contributed by atoms with van der Waals surface area (Å²) in [4.78, 5) is 0. The highest BCUT2D eigenvalue weighted by Gasteiger charge is 2.17. The quantitative estimate of drug-likeness (QED) is 0.732. The van der Waals surface area contributed by atoms with E-state index in [1.807, 2.05) is 23.5 Å². The zero-order valence-electron chi connectivity index (χ0n) is 8.87. The molecule has 1 aliphatic rings. The summed E-state index contributed by atoms with van der Waals surface area (Å²) < 4.78 is 0. The fraction of sp³-hybridized carbons (Fsp3) is 1.00. The van der Waals surface area contributed by atoms with Gasteiger partial charge in [0.15, 0.2) is 0 Å². The molecule has 2 atom stereocenters. The normalized spacial score (nSPS) is 24.9. The number of thioether (sulfide) groups is 2. The molecule has 0 bridgehead atoms. The molecule has 1 rings (SSSR count). The second-order valence-electron chi connectivity index (χ2n) is 3.74. The van der Waals surface area contributed by atoms with E-state index in [1.165, 1.54) is 24.3 Å². The summed E-state index contributed by atoms with van der Waals surface area (Å²) in [6.07, 6.45) is 5.80. The first kappa shape index (κ1) is 12.7. The van der Waals surface area contributed by atoms with E-state index in [1.54, 1.807) is 0 Å². The van der Waals surface area contributed by atoms with Crippen molar-refractivity contribution < 1.29 is 5.11 Å². The Morgan fingerprint density at radius 3 is 3.07 bits per heavy atom. The van der Waals surface area contributed by atoms with Crippen molar-refractivity contribution in [3.05, 3.63) is 0 Å². The number of aliphatic hydroxyl groups is 1. The van der Waals surface area contributed by atoms with Crippen molar-refractivity contribution >= 4 is 23.5 Å². The van der Waals surface area contributed by atoms with Crippen molar-refractivity contribution in [2.45, 2.75) is 31.3 Å². The lowest BCUT2D eigenvalue weighted by Crippen LogP contribution is -2.43. The van der Waals surface area contributed by atoms with Gasteiger partial charge in [-0.3, -0.25) is 0 Å².